The van der Waals surface area contributed by atoms with Gasteiger partial charge in [0, 0.05) is 6.07 Å². The normalized spacial score (nSPS) is 19.2. The highest BCUT2D eigenvalue weighted by molar-refractivity contribution is 6.05. The van der Waals surface area contributed by atoms with E-state index in [0.29, 0.717) is 12.0 Å². The Bertz CT molecular complexity index is 844. The Kier molecular flexibility index (Phi) is 4.30. The molecule has 1 aliphatic heterocycles. The predicted molar refractivity (Wildman–Crippen MR) is 92.1 cm³/mol. The van der Waals surface area contributed by atoms with Crippen molar-refractivity contribution in [1.29, 1.82) is 0 Å². The number of ketones is 1. The van der Waals surface area contributed by atoms with Crippen LogP contribution in [0.15, 0.2) is 36.4 Å². The maximum atomic E-state index is 13.1. The Morgan fingerprint density at radius 3 is 2.48 bits per heavy atom. The van der Waals surface area contributed by atoms with E-state index in [9.17, 15) is 20.0 Å². The van der Waals surface area contributed by atoms with Crippen molar-refractivity contribution in [3.8, 4) is 5.75 Å². The molecule has 1 N–H and O–H groups in total. The molecule has 25 heavy (non-hydrogen) atoms. The molecule has 0 aromatic heterocycles. The van der Waals surface area contributed by atoms with Gasteiger partial charge >= 0.3 is 5.69 Å². The number of carbonyl (C=O) groups excluding carboxylic acids is 1. The van der Waals surface area contributed by atoms with Crippen LogP contribution in [0.1, 0.15) is 27.0 Å². The standard InChI is InChI=1S/C19H19NO5/c1-12-3-5-14(6-4-12)9-19(10-21)11-25-17-15(18(19)22)7-13(2)8-16(17)20(23)24/h3-8,21H,9-11H2,1-2H3/t19-/m1/s1. The van der Waals surface area contributed by atoms with E-state index >= 15 is 0 Å². The molecule has 0 aliphatic carbocycles. The summed E-state index contributed by atoms with van der Waals surface area (Å²) in [5.41, 5.74) is 1.42. The lowest BCUT2D eigenvalue weighted by molar-refractivity contribution is -0.386. The molecule has 0 spiro atoms. The number of hydrogen-bond donors (Lipinski definition) is 1. The van der Waals surface area contributed by atoms with Crippen molar-refractivity contribution in [2.45, 2.75) is 20.3 Å². The van der Waals surface area contributed by atoms with Gasteiger partial charge in [-0.05, 0) is 37.5 Å². The van der Waals surface area contributed by atoms with E-state index in [0.717, 1.165) is 11.1 Å². The van der Waals surface area contributed by atoms with Gasteiger partial charge in [0.05, 0.1) is 22.5 Å². The van der Waals surface area contributed by atoms with Crippen LogP contribution in [0.5, 0.6) is 5.75 Å². The molecule has 1 heterocycles. The first-order chi connectivity index (χ1) is 11.9. The molecule has 0 amide bonds. The van der Waals surface area contributed by atoms with E-state index in [4.69, 9.17) is 4.74 Å². The van der Waals surface area contributed by atoms with Crippen molar-refractivity contribution in [2.75, 3.05) is 13.2 Å². The van der Waals surface area contributed by atoms with Gasteiger partial charge in [-0.2, -0.15) is 0 Å². The molecule has 1 aliphatic rings. The highest BCUT2D eigenvalue weighted by Gasteiger charge is 2.46. The maximum Gasteiger partial charge on any atom is 0.311 e. The van der Waals surface area contributed by atoms with E-state index in [1.807, 2.05) is 31.2 Å². The molecule has 2 aromatic rings. The first-order valence-electron chi connectivity index (χ1n) is 7.99. The molecule has 6 nitrogen and oxygen atoms in total. The SMILES string of the molecule is Cc1ccc(C[C@@]2(CO)COc3c(cc(C)cc3[N+](=O)[O-])C2=O)cc1. The molecular formula is C19H19NO5. The molecule has 0 unspecified atom stereocenters. The van der Waals surface area contributed by atoms with Gasteiger partial charge in [0.15, 0.2) is 5.78 Å². The summed E-state index contributed by atoms with van der Waals surface area (Å²) in [4.78, 5) is 23.8. The first-order valence-corrected chi connectivity index (χ1v) is 7.99. The van der Waals surface area contributed by atoms with Crippen molar-refractivity contribution >= 4 is 11.5 Å². The molecule has 130 valence electrons. The van der Waals surface area contributed by atoms with Crippen LogP contribution in [0.2, 0.25) is 0 Å². The third kappa shape index (κ3) is 3.00. The number of aliphatic hydroxyl groups is 1. The fourth-order valence-corrected chi connectivity index (χ4v) is 3.17. The fourth-order valence-electron chi connectivity index (χ4n) is 3.17. The molecule has 0 saturated heterocycles. The van der Waals surface area contributed by atoms with Crippen LogP contribution in [0.25, 0.3) is 0 Å². The number of benzene rings is 2. The molecule has 0 bridgehead atoms. The summed E-state index contributed by atoms with van der Waals surface area (Å²) in [5, 5.41) is 21.2. The Labute approximate surface area is 145 Å². The number of fused-ring (bicyclic) bond motifs is 1. The van der Waals surface area contributed by atoms with E-state index in [1.165, 1.54) is 6.07 Å². The lowest BCUT2D eigenvalue weighted by atomic mass is 9.74. The van der Waals surface area contributed by atoms with Crippen LogP contribution in [0.4, 0.5) is 5.69 Å². The third-order valence-electron chi connectivity index (χ3n) is 4.60. The Morgan fingerprint density at radius 2 is 1.88 bits per heavy atom. The minimum atomic E-state index is -1.13. The summed E-state index contributed by atoms with van der Waals surface area (Å²) >= 11 is 0. The van der Waals surface area contributed by atoms with Crippen LogP contribution in [-0.4, -0.2) is 29.0 Å². The Hall–Kier alpha value is -2.73. The van der Waals surface area contributed by atoms with Gasteiger partial charge in [-0.25, -0.2) is 0 Å². The number of Topliss-reactive ketones (excluding diaryl/α,β-unsaturated/α-hetero) is 1. The molecule has 1 atom stereocenters. The van der Waals surface area contributed by atoms with Crippen LogP contribution < -0.4 is 4.74 Å². The second-order valence-electron chi connectivity index (χ2n) is 6.64. The number of aryl methyl sites for hydroxylation is 2. The van der Waals surface area contributed by atoms with Gasteiger partial charge in [0.25, 0.3) is 0 Å². The van der Waals surface area contributed by atoms with Crippen LogP contribution in [0.3, 0.4) is 0 Å². The fraction of sp³-hybridized carbons (Fsp3) is 0.316. The molecule has 2 aromatic carbocycles. The summed E-state index contributed by atoms with van der Waals surface area (Å²) in [6.07, 6.45) is 0.309. The van der Waals surface area contributed by atoms with E-state index in [2.05, 4.69) is 0 Å². The van der Waals surface area contributed by atoms with Crippen LogP contribution in [-0.2, 0) is 6.42 Å². The molecule has 0 saturated carbocycles. The second kappa shape index (κ2) is 6.29. The third-order valence-corrected chi connectivity index (χ3v) is 4.60. The Morgan fingerprint density at radius 1 is 1.20 bits per heavy atom. The van der Waals surface area contributed by atoms with Crippen molar-refractivity contribution in [2.24, 2.45) is 5.41 Å². The number of aliphatic hydroxyl groups excluding tert-OH is 1. The van der Waals surface area contributed by atoms with Gasteiger partial charge in [-0.3, -0.25) is 14.9 Å². The van der Waals surface area contributed by atoms with Crippen molar-refractivity contribution < 1.29 is 19.6 Å². The predicted octanol–water partition coefficient (Wildman–Crippen LogP) is 3.01. The lowest BCUT2D eigenvalue weighted by Crippen LogP contribution is -2.45. The highest BCUT2D eigenvalue weighted by atomic mass is 16.6. The summed E-state index contributed by atoms with van der Waals surface area (Å²) in [6.45, 7) is 3.18. The zero-order chi connectivity index (χ0) is 18.2. The smallest absolute Gasteiger partial charge is 0.311 e. The average Bonchev–Trinajstić information content (AvgIpc) is 2.59. The summed E-state index contributed by atoms with van der Waals surface area (Å²) in [7, 11) is 0. The zero-order valence-corrected chi connectivity index (χ0v) is 14.1. The minimum Gasteiger partial charge on any atom is -0.485 e. The van der Waals surface area contributed by atoms with Gasteiger partial charge in [0.2, 0.25) is 5.75 Å². The minimum absolute atomic E-state index is 0.00594. The van der Waals surface area contributed by atoms with Crippen molar-refractivity contribution in [3.05, 3.63) is 68.8 Å². The quantitative estimate of drug-likeness (QED) is 0.682. The number of nitrogens with zero attached hydrogens (tertiary/aromatic N) is 1. The molecule has 6 heteroatoms. The topological polar surface area (TPSA) is 89.7 Å². The highest BCUT2D eigenvalue weighted by Crippen LogP contribution is 2.42. The number of ether oxygens (including phenoxy) is 1. The van der Waals surface area contributed by atoms with E-state index in [1.54, 1.807) is 13.0 Å². The molecule has 3 rings (SSSR count). The first kappa shape index (κ1) is 17.1. The molecule has 0 radical (unpaired) electrons. The summed E-state index contributed by atoms with van der Waals surface area (Å²) in [6, 6.07) is 10.7. The van der Waals surface area contributed by atoms with E-state index in [-0.39, 0.29) is 36.0 Å². The van der Waals surface area contributed by atoms with Gasteiger partial charge in [-0.1, -0.05) is 29.8 Å². The lowest BCUT2D eigenvalue weighted by Gasteiger charge is -2.35. The number of nitro benzene ring substituents is 1. The maximum absolute atomic E-state index is 13.1. The largest absolute Gasteiger partial charge is 0.485 e. The summed E-state index contributed by atoms with van der Waals surface area (Å²) < 4.78 is 5.62. The number of hydrogen-bond acceptors (Lipinski definition) is 5. The number of nitro groups is 1. The second-order valence-corrected chi connectivity index (χ2v) is 6.64. The summed E-state index contributed by atoms with van der Waals surface area (Å²) in [5.74, 6) is -0.322. The van der Waals surface area contributed by atoms with Gasteiger partial charge < -0.3 is 9.84 Å². The van der Waals surface area contributed by atoms with Crippen molar-refractivity contribution in [1.82, 2.24) is 0 Å². The van der Waals surface area contributed by atoms with Crippen LogP contribution in [0, 0.1) is 29.4 Å². The average molecular weight is 341 g/mol. The van der Waals surface area contributed by atoms with Crippen LogP contribution >= 0.6 is 0 Å². The zero-order valence-electron chi connectivity index (χ0n) is 14.1. The molecular weight excluding hydrogens is 322 g/mol. The molecule has 0 fully saturated rings. The Balaban J connectivity index is 2.04. The number of rotatable bonds is 4. The van der Waals surface area contributed by atoms with Gasteiger partial charge in [-0.15, -0.1) is 0 Å². The van der Waals surface area contributed by atoms with Gasteiger partial charge in [0.1, 0.15) is 6.61 Å². The van der Waals surface area contributed by atoms with Crippen molar-refractivity contribution in [3.63, 3.8) is 0 Å². The van der Waals surface area contributed by atoms with E-state index < -0.39 is 10.3 Å². The number of carbonyl (C=O) groups is 1. The monoisotopic (exact) mass is 341 g/mol.